The minimum atomic E-state index is -0.223. The maximum Gasteiger partial charge on any atom is 0.254 e. The van der Waals surface area contributed by atoms with Gasteiger partial charge in [0.05, 0.1) is 11.1 Å². The lowest BCUT2D eigenvalue weighted by Crippen LogP contribution is -2.11. The summed E-state index contributed by atoms with van der Waals surface area (Å²) in [5.74, 6) is 0.651. The highest BCUT2D eigenvalue weighted by Gasteiger charge is 2.22. The molecule has 0 spiro atoms. The van der Waals surface area contributed by atoms with Crippen molar-refractivity contribution in [2.45, 2.75) is 6.92 Å². The van der Waals surface area contributed by atoms with Crippen LogP contribution in [0.5, 0.6) is 0 Å². The topological polar surface area (TPSA) is 129 Å². The molecule has 0 radical (unpaired) electrons. The third-order valence-electron chi connectivity index (χ3n) is 5.24. The Balaban J connectivity index is 1.72. The maximum atomic E-state index is 11.9. The number of nitrogens with zero attached hydrogens (tertiary/aromatic N) is 7. The van der Waals surface area contributed by atoms with Crippen LogP contribution >= 0.6 is 0 Å². The average Bonchev–Trinajstić information content (AvgIpc) is 3.37. The Morgan fingerprint density at radius 1 is 1.12 bits per heavy atom. The molecule has 0 saturated carbocycles. The third kappa shape index (κ3) is 3.05. The minimum absolute atomic E-state index is 0.223. The van der Waals surface area contributed by atoms with E-state index in [9.17, 15) is 4.79 Å². The van der Waals surface area contributed by atoms with Gasteiger partial charge in [-0.05, 0) is 24.6 Å². The van der Waals surface area contributed by atoms with Crippen LogP contribution in [0.1, 0.15) is 6.92 Å². The van der Waals surface area contributed by atoms with Crippen molar-refractivity contribution in [3.8, 4) is 22.4 Å². The summed E-state index contributed by atoms with van der Waals surface area (Å²) in [4.78, 5) is 25.0. The zero-order valence-corrected chi connectivity index (χ0v) is 17.4. The molecule has 10 heteroatoms. The molecule has 5 rings (SSSR count). The molecule has 1 amide bonds. The van der Waals surface area contributed by atoms with Gasteiger partial charge in [-0.25, -0.2) is 15.0 Å². The summed E-state index contributed by atoms with van der Waals surface area (Å²) >= 11 is 0. The van der Waals surface area contributed by atoms with Crippen molar-refractivity contribution in [3.63, 3.8) is 0 Å². The number of hydrogen-bond acceptors (Lipinski definition) is 7. The second-order valence-corrected chi connectivity index (χ2v) is 7.43. The first-order valence-electron chi connectivity index (χ1n) is 9.76. The molecule has 0 bridgehead atoms. The van der Waals surface area contributed by atoms with E-state index in [1.165, 1.54) is 6.33 Å². The van der Waals surface area contributed by atoms with Gasteiger partial charge in [0.25, 0.3) is 11.7 Å². The number of nitrogens with two attached hydrogens (primary N) is 1. The monoisotopic (exact) mass is 425 g/mol. The summed E-state index contributed by atoms with van der Waals surface area (Å²) in [6.07, 6.45) is 6.67. The van der Waals surface area contributed by atoms with Crippen molar-refractivity contribution in [1.82, 2.24) is 34.1 Å². The molecular formula is C22H19N9O. The van der Waals surface area contributed by atoms with Crippen LogP contribution in [0.4, 0.5) is 11.5 Å². The Bertz CT molecular complexity index is 1510. The molecule has 10 nitrogen and oxygen atoms in total. The quantitative estimate of drug-likeness (QED) is 0.424. The molecule has 0 fully saturated rings. The van der Waals surface area contributed by atoms with Crippen molar-refractivity contribution in [1.29, 1.82) is 0 Å². The Morgan fingerprint density at radius 3 is 2.66 bits per heavy atom. The van der Waals surface area contributed by atoms with Crippen molar-refractivity contribution in [3.05, 3.63) is 61.5 Å². The summed E-state index contributed by atoms with van der Waals surface area (Å²) in [7, 11) is 1.93. The number of hydrogen-bond donors (Lipinski definition) is 2. The Kier molecular flexibility index (Phi) is 4.40. The normalized spacial score (nSPS) is 11.2. The highest BCUT2D eigenvalue weighted by molar-refractivity contribution is 6.08. The van der Waals surface area contributed by atoms with Crippen molar-refractivity contribution in [2.24, 2.45) is 7.05 Å². The first-order chi connectivity index (χ1) is 15.4. The Labute approximate surface area is 182 Å². The van der Waals surface area contributed by atoms with Crippen LogP contribution in [-0.4, -0.2) is 40.0 Å². The molecule has 0 unspecified atom stereocenters. The fourth-order valence-corrected chi connectivity index (χ4v) is 3.70. The van der Waals surface area contributed by atoms with Gasteiger partial charge in [-0.1, -0.05) is 18.7 Å². The van der Waals surface area contributed by atoms with E-state index < -0.39 is 0 Å². The van der Waals surface area contributed by atoms with Crippen molar-refractivity contribution >= 4 is 34.2 Å². The fraction of sp³-hybridized carbons (Fsp3) is 0.0909. The zero-order chi connectivity index (χ0) is 22.4. The second-order valence-electron chi connectivity index (χ2n) is 7.43. The standard InChI is InChI=1S/C22H19N9O/c1-12(2)21(32)28-15-6-4-13(5-7-15)18-16(14-8-24-22-29-27-11-31(22)9-14)17-19(23)25-10-26-20(17)30(18)3/h4-11H,1H2,2-3H3,(H,28,32)(H2,23,25,26). The second kappa shape index (κ2) is 7.27. The van der Waals surface area contributed by atoms with E-state index in [1.807, 2.05) is 42.1 Å². The number of nitrogens with one attached hydrogen (secondary N) is 1. The van der Waals surface area contributed by atoms with Crippen LogP contribution in [0.3, 0.4) is 0 Å². The first-order valence-corrected chi connectivity index (χ1v) is 9.76. The van der Waals surface area contributed by atoms with Gasteiger partial charge in [0.1, 0.15) is 24.1 Å². The van der Waals surface area contributed by atoms with Crippen molar-refractivity contribution < 1.29 is 4.79 Å². The smallest absolute Gasteiger partial charge is 0.254 e. The molecule has 0 aliphatic rings. The van der Waals surface area contributed by atoms with E-state index in [2.05, 4.69) is 37.0 Å². The lowest BCUT2D eigenvalue weighted by Gasteiger charge is -2.10. The molecule has 4 heterocycles. The number of benzene rings is 1. The molecular weight excluding hydrogens is 406 g/mol. The number of carbonyl (C=O) groups excluding carboxylic acids is 1. The van der Waals surface area contributed by atoms with Crippen LogP contribution in [0.15, 0.2) is 61.5 Å². The van der Waals surface area contributed by atoms with E-state index >= 15 is 0 Å². The number of anilines is 2. The van der Waals surface area contributed by atoms with Gasteiger partial charge >= 0.3 is 0 Å². The third-order valence-corrected chi connectivity index (χ3v) is 5.24. The van der Waals surface area contributed by atoms with Gasteiger partial charge in [0.2, 0.25) is 0 Å². The van der Waals surface area contributed by atoms with Gasteiger partial charge in [0.15, 0.2) is 0 Å². The number of nitrogen functional groups attached to an aromatic ring is 1. The van der Waals surface area contributed by atoms with Crippen LogP contribution < -0.4 is 11.1 Å². The van der Waals surface area contributed by atoms with E-state index in [0.29, 0.717) is 28.5 Å². The van der Waals surface area contributed by atoms with Crippen LogP contribution in [0.25, 0.3) is 39.2 Å². The number of carbonyl (C=O) groups is 1. The van der Waals surface area contributed by atoms with E-state index in [0.717, 1.165) is 27.8 Å². The van der Waals surface area contributed by atoms with Gasteiger partial charge < -0.3 is 15.6 Å². The van der Waals surface area contributed by atoms with Gasteiger partial charge in [-0.3, -0.25) is 9.20 Å². The number of amides is 1. The van der Waals surface area contributed by atoms with Gasteiger partial charge in [-0.15, -0.1) is 10.2 Å². The van der Waals surface area contributed by atoms with E-state index in [4.69, 9.17) is 5.73 Å². The lowest BCUT2D eigenvalue weighted by atomic mass is 10.0. The summed E-state index contributed by atoms with van der Waals surface area (Å²) in [6.45, 7) is 5.33. The maximum absolute atomic E-state index is 11.9. The first kappa shape index (κ1) is 19.4. The molecule has 0 saturated heterocycles. The molecule has 32 heavy (non-hydrogen) atoms. The predicted molar refractivity (Wildman–Crippen MR) is 122 cm³/mol. The Morgan fingerprint density at radius 2 is 1.91 bits per heavy atom. The van der Waals surface area contributed by atoms with Crippen LogP contribution in [0.2, 0.25) is 0 Å². The fourth-order valence-electron chi connectivity index (χ4n) is 3.70. The number of aromatic nitrogens is 7. The number of fused-ring (bicyclic) bond motifs is 2. The zero-order valence-electron chi connectivity index (χ0n) is 17.4. The summed E-state index contributed by atoms with van der Waals surface area (Å²) < 4.78 is 3.72. The summed E-state index contributed by atoms with van der Waals surface area (Å²) in [6, 6.07) is 7.54. The van der Waals surface area contributed by atoms with Crippen LogP contribution in [0, 0.1) is 0 Å². The van der Waals surface area contributed by atoms with Gasteiger partial charge in [0, 0.05) is 41.8 Å². The summed E-state index contributed by atoms with van der Waals surface area (Å²) in [5, 5.41) is 11.4. The van der Waals surface area contributed by atoms with E-state index in [-0.39, 0.29) is 5.91 Å². The molecule has 0 atom stereocenters. The molecule has 3 N–H and O–H groups in total. The predicted octanol–water partition coefficient (Wildman–Crippen LogP) is 2.84. The molecule has 0 aliphatic carbocycles. The SMILES string of the molecule is C=C(C)C(=O)Nc1ccc(-c2c(-c3cnc4nncn4c3)c3c(N)ncnc3n2C)cc1. The molecule has 0 aliphatic heterocycles. The average molecular weight is 425 g/mol. The summed E-state index contributed by atoms with van der Waals surface area (Å²) in [5.41, 5.74) is 11.6. The largest absolute Gasteiger partial charge is 0.383 e. The van der Waals surface area contributed by atoms with Crippen molar-refractivity contribution in [2.75, 3.05) is 11.1 Å². The van der Waals surface area contributed by atoms with Gasteiger partial charge in [-0.2, -0.15) is 0 Å². The van der Waals surface area contributed by atoms with Crippen LogP contribution in [-0.2, 0) is 11.8 Å². The molecule has 1 aromatic carbocycles. The number of rotatable bonds is 4. The molecule has 5 aromatic rings. The highest BCUT2D eigenvalue weighted by Crippen LogP contribution is 2.41. The van der Waals surface area contributed by atoms with E-state index in [1.54, 1.807) is 23.8 Å². The lowest BCUT2D eigenvalue weighted by molar-refractivity contribution is -0.112. The minimum Gasteiger partial charge on any atom is -0.383 e. The number of aryl methyl sites for hydroxylation is 1. The molecule has 4 aromatic heterocycles. The highest BCUT2D eigenvalue weighted by atomic mass is 16.1. The Hall–Kier alpha value is -4.60. The molecule has 158 valence electrons.